The fourth-order valence-electron chi connectivity index (χ4n) is 6.97. The molecule has 5 rings (SSSR count). The topological polar surface area (TPSA) is 151 Å². The normalized spacial score (nSPS) is 21.9. The number of hydrogen-bond acceptors (Lipinski definition) is 10. The van der Waals surface area contributed by atoms with Crippen LogP contribution in [-0.2, 0) is 44.0 Å². The van der Waals surface area contributed by atoms with E-state index in [0.717, 1.165) is 27.8 Å². The van der Waals surface area contributed by atoms with Crippen LogP contribution in [0.15, 0.2) is 78.9 Å². The van der Waals surface area contributed by atoms with Crippen LogP contribution in [0.3, 0.4) is 0 Å². The number of aliphatic hydroxyl groups excluding tert-OH is 1. The average Bonchev–Trinajstić information content (AvgIpc) is 3.49. The van der Waals surface area contributed by atoms with Crippen LogP contribution in [-0.4, -0.2) is 95.7 Å². The van der Waals surface area contributed by atoms with E-state index in [1.54, 1.807) is 6.92 Å². The maximum absolute atomic E-state index is 14.0. The van der Waals surface area contributed by atoms with Crippen molar-refractivity contribution < 1.29 is 47.3 Å². The van der Waals surface area contributed by atoms with Gasteiger partial charge >= 0.3 is 12.1 Å². The summed E-state index contributed by atoms with van der Waals surface area (Å²) in [6.07, 6.45) is -6.28. The van der Waals surface area contributed by atoms with Crippen LogP contribution in [0.4, 0.5) is 4.79 Å². The van der Waals surface area contributed by atoms with Gasteiger partial charge in [0.2, 0.25) is 5.91 Å². The summed E-state index contributed by atoms with van der Waals surface area (Å²) >= 11 is 0. The Morgan fingerprint density at radius 3 is 1.88 bits per heavy atom. The van der Waals surface area contributed by atoms with E-state index in [9.17, 15) is 19.5 Å². The summed E-state index contributed by atoms with van der Waals surface area (Å²) in [5, 5.41) is 17.3. The third-order valence-electron chi connectivity index (χ3n) is 12.6. The highest BCUT2D eigenvalue weighted by Crippen LogP contribution is 2.45. The fourth-order valence-corrected chi connectivity index (χ4v) is 9.30. The van der Waals surface area contributed by atoms with Gasteiger partial charge in [0.25, 0.3) is 0 Å². The molecule has 14 heteroatoms. The lowest BCUT2D eigenvalue weighted by Crippen LogP contribution is -2.68. The number of aliphatic hydroxyl groups is 1. The van der Waals surface area contributed by atoms with E-state index in [1.165, 1.54) is 6.92 Å². The molecule has 0 saturated carbocycles. The first kappa shape index (κ1) is 47.2. The highest BCUT2D eigenvalue weighted by Gasteiger charge is 2.53. The molecule has 60 heavy (non-hydrogen) atoms. The molecule has 3 aromatic carbocycles. The summed E-state index contributed by atoms with van der Waals surface area (Å²) in [5.74, 6) is -1.37. The summed E-state index contributed by atoms with van der Waals surface area (Å²) < 4.78 is 38.2. The minimum absolute atomic E-state index is 0.0253. The predicted molar refractivity (Wildman–Crippen MR) is 236 cm³/mol. The quantitative estimate of drug-likeness (QED) is 0.101. The molecule has 2 aliphatic rings. The van der Waals surface area contributed by atoms with Crippen molar-refractivity contribution in [2.24, 2.45) is 0 Å². The number of nitrogens with one attached hydrogen (secondary N) is 2. The number of rotatable bonds is 15. The lowest BCUT2D eigenvalue weighted by atomic mass is 9.96. The number of benzene rings is 3. The van der Waals surface area contributed by atoms with Gasteiger partial charge in [0, 0.05) is 12.8 Å². The molecule has 0 bridgehead atoms. The van der Waals surface area contributed by atoms with Gasteiger partial charge in [0.1, 0.15) is 31.5 Å². The Bertz CT molecular complexity index is 1900. The molecule has 0 unspecified atom stereocenters. The smallest absolute Gasteiger partial charge is 0.407 e. The van der Waals surface area contributed by atoms with Gasteiger partial charge in [0.15, 0.2) is 29.0 Å². The molecule has 1 heterocycles. The fraction of sp³-hybridized carbons (Fsp3) is 0.543. The third-order valence-corrected chi connectivity index (χ3v) is 21.6. The van der Waals surface area contributed by atoms with Crippen molar-refractivity contribution in [1.29, 1.82) is 0 Å². The van der Waals surface area contributed by atoms with Crippen molar-refractivity contribution in [3.05, 3.63) is 95.6 Å². The molecular formula is C46H66N2O10Si2. The highest BCUT2D eigenvalue weighted by molar-refractivity contribution is 6.74. The predicted octanol–water partition coefficient (Wildman–Crippen LogP) is 8.04. The first-order chi connectivity index (χ1) is 28.0. The summed E-state index contributed by atoms with van der Waals surface area (Å²) in [7, 11) is -4.90. The molecule has 12 nitrogen and oxygen atoms in total. The lowest BCUT2D eigenvalue weighted by molar-refractivity contribution is -0.279. The number of fused-ring (bicyclic) bond motifs is 3. The molecule has 1 fully saturated rings. The Balaban J connectivity index is 1.42. The zero-order chi connectivity index (χ0) is 44.2. The zero-order valence-electron chi connectivity index (χ0n) is 37.4. The molecule has 7 atom stereocenters. The molecule has 3 N–H and O–H groups in total. The van der Waals surface area contributed by atoms with Crippen LogP contribution in [0.2, 0.25) is 36.3 Å². The van der Waals surface area contributed by atoms with E-state index < -0.39 is 77.4 Å². The van der Waals surface area contributed by atoms with Gasteiger partial charge in [-0.15, -0.1) is 0 Å². The summed E-state index contributed by atoms with van der Waals surface area (Å²) in [6, 6.07) is 22.9. The van der Waals surface area contributed by atoms with Gasteiger partial charge in [-0.25, -0.2) is 9.59 Å². The molecule has 1 aliphatic carbocycles. The zero-order valence-corrected chi connectivity index (χ0v) is 39.4. The van der Waals surface area contributed by atoms with Crippen LogP contribution in [0.25, 0.3) is 11.1 Å². The number of carbonyl (C=O) groups excluding carboxylic acids is 3. The van der Waals surface area contributed by atoms with Crippen molar-refractivity contribution in [1.82, 2.24) is 10.6 Å². The van der Waals surface area contributed by atoms with Crippen LogP contribution in [0.1, 0.15) is 78.0 Å². The molecule has 0 radical (unpaired) electrons. The Kier molecular flexibility index (Phi) is 14.9. The SMILES string of the molecule is CC(=O)N[C@H]1[C@@H](O[C@H](C)[C@H](NC(=O)OCC2c3ccccc3-c3ccccc32)C(=O)OCc2ccccc2)O[C@H](CO[Si](C)(C)C(C)(C)C)[C@H](O)[C@@H]1O[Si](C)(C)C(C)(C)C. The first-order valence-corrected chi connectivity index (χ1v) is 26.7. The number of ether oxygens (including phenoxy) is 4. The summed E-state index contributed by atoms with van der Waals surface area (Å²) in [5.41, 5.74) is 5.02. The van der Waals surface area contributed by atoms with E-state index in [1.807, 2.05) is 66.7 Å². The average molecular weight is 863 g/mol. The lowest BCUT2D eigenvalue weighted by Gasteiger charge is -2.50. The third kappa shape index (κ3) is 11.1. The molecular weight excluding hydrogens is 797 g/mol. The van der Waals surface area contributed by atoms with Gasteiger partial charge in [-0.05, 0) is 71.0 Å². The minimum Gasteiger partial charge on any atom is -0.459 e. The largest absolute Gasteiger partial charge is 0.459 e. The molecule has 328 valence electrons. The van der Waals surface area contributed by atoms with Crippen molar-refractivity contribution in [3.63, 3.8) is 0 Å². The Morgan fingerprint density at radius 1 is 0.783 bits per heavy atom. The maximum atomic E-state index is 14.0. The standard InChI is InChI=1S/C46H66N2O10Si2/c1-29(56-43-39(47-30(2)49)41(58-60(11,12)46(6,7)8)40(50)37(57-43)28-55-59(9,10)45(3,4)5)38(42(51)53-26-31-20-14-13-15-21-31)48-44(52)54-27-36-34-24-18-16-22-32(34)33-23-17-19-25-35(33)36/h13-25,29,36-41,43,50H,26-28H2,1-12H3,(H,47,49)(H,48,52)/t29-,37-,38+,39-,40+,41-,43+/m1/s1. The molecule has 0 aromatic heterocycles. The van der Waals surface area contributed by atoms with E-state index in [2.05, 4.69) is 90.5 Å². The van der Waals surface area contributed by atoms with E-state index in [-0.39, 0.29) is 35.8 Å². The monoisotopic (exact) mass is 862 g/mol. The van der Waals surface area contributed by atoms with E-state index >= 15 is 0 Å². The molecule has 1 aliphatic heterocycles. The van der Waals surface area contributed by atoms with E-state index in [4.69, 9.17) is 27.8 Å². The highest BCUT2D eigenvalue weighted by atomic mass is 28.4. The van der Waals surface area contributed by atoms with Gasteiger partial charge in [0.05, 0.1) is 18.8 Å². The van der Waals surface area contributed by atoms with Crippen LogP contribution in [0.5, 0.6) is 0 Å². The Labute approximate surface area is 358 Å². The van der Waals surface area contributed by atoms with Gasteiger partial charge in [-0.2, -0.15) is 0 Å². The molecule has 2 amide bonds. The van der Waals surface area contributed by atoms with Crippen LogP contribution in [0, 0.1) is 0 Å². The summed E-state index contributed by atoms with van der Waals surface area (Å²) in [4.78, 5) is 40.6. The van der Waals surface area contributed by atoms with Crippen molar-refractivity contribution in [2.75, 3.05) is 13.2 Å². The maximum Gasteiger partial charge on any atom is 0.407 e. The number of amides is 2. The van der Waals surface area contributed by atoms with Crippen molar-refractivity contribution >= 4 is 34.6 Å². The number of esters is 1. The van der Waals surface area contributed by atoms with Gasteiger partial charge in [-0.3, -0.25) is 4.79 Å². The molecule has 0 spiro atoms. The molecule has 1 saturated heterocycles. The van der Waals surface area contributed by atoms with Crippen molar-refractivity contribution in [3.8, 4) is 11.1 Å². The van der Waals surface area contributed by atoms with E-state index in [0.29, 0.717) is 0 Å². The second-order valence-electron chi connectivity index (χ2n) is 19.1. The summed E-state index contributed by atoms with van der Waals surface area (Å²) in [6.45, 7) is 24.0. The number of hydrogen-bond donors (Lipinski definition) is 3. The minimum atomic E-state index is -2.59. The number of alkyl carbamates (subject to hydrolysis) is 1. The second kappa shape index (κ2) is 19.0. The number of carbonyl (C=O) groups is 3. The Morgan fingerprint density at radius 2 is 1.33 bits per heavy atom. The Hall–Kier alpha value is -3.90. The van der Waals surface area contributed by atoms with Gasteiger partial charge in [-0.1, -0.05) is 120 Å². The van der Waals surface area contributed by atoms with Crippen LogP contribution >= 0.6 is 0 Å². The molecule has 3 aromatic rings. The first-order valence-electron chi connectivity index (χ1n) is 20.9. The van der Waals surface area contributed by atoms with Crippen molar-refractivity contribution in [2.45, 2.75) is 147 Å². The van der Waals surface area contributed by atoms with Gasteiger partial charge < -0.3 is 43.5 Å². The van der Waals surface area contributed by atoms with Crippen LogP contribution < -0.4 is 10.6 Å². The second-order valence-corrected chi connectivity index (χ2v) is 28.6.